The molecule has 0 spiro atoms. The molecule has 504 valence electrons. The van der Waals surface area contributed by atoms with Crippen LogP contribution in [0.2, 0.25) is 0 Å². The Balaban J connectivity index is 2.17. The van der Waals surface area contributed by atoms with Crippen LogP contribution in [-0.4, -0.2) is 87.5 Å². The van der Waals surface area contributed by atoms with E-state index in [4.69, 9.17) is 9.47 Å². The molecule has 0 aromatic rings. The number of hydrogen-bond donors (Lipinski definition) is 6. The number of ether oxygens (including phenoxy) is 2. The molecule has 1 aliphatic heterocycles. The molecule has 1 rings (SSSR count). The largest absolute Gasteiger partial charge is 0.394 e. The van der Waals surface area contributed by atoms with Crippen LogP contribution in [0.3, 0.4) is 0 Å². The maximum absolute atomic E-state index is 13.1. The van der Waals surface area contributed by atoms with Gasteiger partial charge in [-0.1, -0.05) is 321 Å². The average Bonchev–Trinajstić information content (AvgIpc) is 3.29. The fourth-order valence-electron chi connectivity index (χ4n) is 10.8. The first kappa shape index (κ1) is 82.3. The summed E-state index contributed by atoms with van der Waals surface area (Å²) in [6.07, 6.45) is 94.2. The fourth-order valence-corrected chi connectivity index (χ4v) is 10.8. The van der Waals surface area contributed by atoms with Crippen molar-refractivity contribution in [2.75, 3.05) is 13.2 Å². The number of allylic oxidation sites excluding steroid dienone is 21. The predicted octanol–water partition coefficient (Wildman–Crippen LogP) is 20.4. The summed E-state index contributed by atoms with van der Waals surface area (Å²) >= 11 is 0. The van der Waals surface area contributed by atoms with Crippen molar-refractivity contribution in [1.29, 1.82) is 0 Å². The Kier molecular flexibility index (Phi) is 62.0. The monoisotopic (exact) mass is 1230 g/mol. The van der Waals surface area contributed by atoms with Gasteiger partial charge >= 0.3 is 0 Å². The van der Waals surface area contributed by atoms with Gasteiger partial charge in [0.1, 0.15) is 24.4 Å². The number of hydrogen-bond acceptors (Lipinski definition) is 8. The molecule has 88 heavy (non-hydrogen) atoms. The van der Waals surface area contributed by atoms with Crippen molar-refractivity contribution in [1.82, 2.24) is 5.32 Å². The summed E-state index contributed by atoms with van der Waals surface area (Å²) in [5, 5.41) is 54.8. The molecule has 0 bridgehead atoms. The molecule has 0 radical (unpaired) electrons. The lowest BCUT2D eigenvalue weighted by Crippen LogP contribution is -2.60. The molecule has 9 heteroatoms. The van der Waals surface area contributed by atoms with E-state index in [2.05, 4.69) is 141 Å². The standard InChI is InChI=1S/C79H135NO8/c1-3-5-7-9-11-13-15-17-19-21-23-25-27-29-31-33-34-35-36-37-38-39-40-41-43-45-47-49-51-53-55-57-59-61-63-65-67-69-75(83)80-72(71-87-79-78(86)77(85)76(84)74(70-81)88-79)73(82)68-66-64-62-60-58-56-54-52-50-48-46-44-42-32-30-28-26-24-22-20-18-16-14-12-10-8-6-4-2/h5,7,11,13,17,19,23,25,29,31,34-35,37-38,40-41,50,52,58,60,66,68,72-74,76-79,81-82,84-86H,3-4,6,8-10,12,14-16,18,20-22,24,26-28,30,32-33,36,39,42-49,51,53-57,59,61-65,67,69-71H2,1-2H3,(H,80,83)/b7-5-,13-11-,19-17-,25-23-,31-29-,35-34-,38-37-,41-40-,52-50+,60-58+,68-66+. The van der Waals surface area contributed by atoms with E-state index in [1.54, 1.807) is 6.08 Å². The molecular weight excluding hydrogens is 1090 g/mol. The van der Waals surface area contributed by atoms with Crippen LogP contribution in [0.4, 0.5) is 0 Å². The highest BCUT2D eigenvalue weighted by Gasteiger charge is 2.44. The Morgan fingerprint density at radius 3 is 1.09 bits per heavy atom. The SMILES string of the molecule is CC/C=C\C/C=C\C/C=C\C/C=C\C/C=C\C/C=C\C/C=C\C/C=C\CCCCCCCCCCCCCCC(=O)NC(COC1OC(CO)C(O)C(O)C1O)C(O)/C=C/CC/C=C/CC/C=C/CCCCCCCCCCCCCCCCCCCC. The molecular formula is C79H135NO8. The van der Waals surface area contributed by atoms with E-state index in [0.29, 0.717) is 6.42 Å². The first-order valence-electron chi connectivity index (χ1n) is 36.4. The maximum Gasteiger partial charge on any atom is 0.220 e. The van der Waals surface area contributed by atoms with Gasteiger partial charge in [-0.05, 0) is 109 Å². The minimum absolute atomic E-state index is 0.196. The molecule has 1 saturated heterocycles. The lowest BCUT2D eigenvalue weighted by Gasteiger charge is -2.40. The van der Waals surface area contributed by atoms with Crippen LogP contribution in [0.1, 0.15) is 303 Å². The Morgan fingerprint density at radius 2 is 0.716 bits per heavy atom. The number of carbonyl (C=O) groups excluding carboxylic acids is 1. The third-order valence-electron chi connectivity index (χ3n) is 16.4. The Bertz CT molecular complexity index is 1860. The van der Waals surface area contributed by atoms with Crippen molar-refractivity contribution >= 4 is 5.91 Å². The molecule has 0 aromatic carbocycles. The maximum atomic E-state index is 13.1. The molecule has 7 atom stereocenters. The van der Waals surface area contributed by atoms with Crippen molar-refractivity contribution in [3.8, 4) is 0 Å². The minimum atomic E-state index is -1.58. The van der Waals surface area contributed by atoms with E-state index in [1.165, 1.54) is 180 Å². The van der Waals surface area contributed by atoms with Crippen LogP contribution in [-0.2, 0) is 14.3 Å². The molecule has 1 aliphatic rings. The van der Waals surface area contributed by atoms with Gasteiger partial charge in [0.05, 0.1) is 25.4 Å². The molecule has 1 amide bonds. The van der Waals surface area contributed by atoms with Crippen molar-refractivity contribution in [3.63, 3.8) is 0 Å². The predicted molar refractivity (Wildman–Crippen MR) is 377 cm³/mol. The molecule has 0 saturated carbocycles. The second kappa shape index (κ2) is 66.3. The van der Waals surface area contributed by atoms with Gasteiger partial charge in [0.2, 0.25) is 5.91 Å². The summed E-state index contributed by atoms with van der Waals surface area (Å²) in [5.41, 5.74) is 0. The molecule has 1 fully saturated rings. The summed E-state index contributed by atoms with van der Waals surface area (Å²) in [6.45, 7) is 3.66. The van der Waals surface area contributed by atoms with Gasteiger partial charge in [-0.15, -0.1) is 0 Å². The third kappa shape index (κ3) is 54.1. The number of unbranched alkanes of at least 4 members (excludes halogenated alkanes) is 32. The van der Waals surface area contributed by atoms with Gasteiger partial charge < -0.3 is 40.3 Å². The van der Waals surface area contributed by atoms with Crippen LogP contribution >= 0.6 is 0 Å². The van der Waals surface area contributed by atoms with E-state index in [-0.39, 0.29) is 12.5 Å². The van der Waals surface area contributed by atoms with Crippen molar-refractivity contribution in [3.05, 3.63) is 134 Å². The number of nitrogens with one attached hydrogen (secondary N) is 1. The molecule has 6 N–H and O–H groups in total. The highest BCUT2D eigenvalue weighted by Crippen LogP contribution is 2.23. The summed E-state index contributed by atoms with van der Waals surface area (Å²) in [6, 6.07) is -0.840. The molecule has 7 unspecified atom stereocenters. The Hall–Kier alpha value is -3.67. The fraction of sp³-hybridized carbons (Fsp3) is 0.709. The van der Waals surface area contributed by atoms with Gasteiger partial charge in [-0.3, -0.25) is 4.79 Å². The second-order valence-electron chi connectivity index (χ2n) is 24.6. The Labute approximate surface area is 541 Å². The number of aliphatic hydroxyl groups excluding tert-OH is 5. The van der Waals surface area contributed by atoms with Crippen LogP contribution in [0.5, 0.6) is 0 Å². The second-order valence-corrected chi connectivity index (χ2v) is 24.6. The first-order chi connectivity index (χ1) is 43.3. The molecule has 1 heterocycles. The Morgan fingerprint density at radius 1 is 0.398 bits per heavy atom. The number of aliphatic hydroxyl groups is 5. The number of rotatable bonds is 62. The lowest BCUT2D eigenvalue weighted by molar-refractivity contribution is -0.302. The van der Waals surface area contributed by atoms with Crippen molar-refractivity contribution in [2.45, 2.75) is 346 Å². The summed E-state index contributed by atoms with van der Waals surface area (Å²) in [5.74, 6) is -0.196. The van der Waals surface area contributed by atoms with Gasteiger partial charge in [-0.2, -0.15) is 0 Å². The van der Waals surface area contributed by atoms with Crippen molar-refractivity contribution < 1.29 is 39.8 Å². The van der Waals surface area contributed by atoms with Crippen LogP contribution in [0.15, 0.2) is 134 Å². The summed E-state index contributed by atoms with van der Waals surface area (Å²) in [7, 11) is 0. The summed E-state index contributed by atoms with van der Waals surface area (Å²) < 4.78 is 11.3. The average molecular weight is 1230 g/mol. The van der Waals surface area contributed by atoms with E-state index >= 15 is 0 Å². The highest BCUT2D eigenvalue weighted by atomic mass is 16.7. The lowest BCUT2D eigenvalue weighted by atomic mass is 9.99. The van der Waals surface area contributed by atoms with E-state index in [0.717, 1.165) is 103 Å². The topological polar surface area (TPSA) is 149 Å². The van der Waals surface area contributed by atoms with Crippen LogP contribution < -0.4 is 5.32 Å². The van der Waals surface area contributed by atoms with Crippen molar-refractivity contribution in [2.24, 2.45) is 0 Å². The zero-order valence-electron chi connectivity index (χ0n) is 56.4. The third-order valence-corrected chi connectivity index (χ3v) is 16.4. The van der Waals surface area contributed by atoms with E-state index in [1.807, 2.05) is 6.08 Å². The van der Waals surface area contributed by atoms with Gasteiger partial charge in [0, 0.05) is 6.42 Å². The van der Waals surface area contributed by atoms with Gasteiger partial charge in [0.25, 0.3) is 0 Å². The zero-order valence-corrected chi connectivity index (χ0v) is 56.4. The molecule has 0 aliphatic carbocycles. The molecule has 9 nitrogen and oxygen atoms in total. The van der Waals surface area contributed by atoms with Gasteiger partial charge in [-0.25, -0.2) is 0 Å². The first-order valence-corrected chi connectivity index (χ1v) is 36.4. The smallest absolute Gasteiger partial charge is 0.220 e. The van der Waals surface area contributed by atoms with E-state index < -0.39 is 49.5 Å². The minimum Gasteiger partial charge on any atom is -0.394 e. The normalized spacial score (nSPS) is 18.7. The molecule has 0 aromatic heterocycles. The summed E-state index contributed by atoms with van der Waals surface area (Å²) in [4.78, 5) is 13.1. The number of amides is 1. The highest BCUT2D eigenvalue weighted by molar-refractivity contribution is 5.76. The quantitative estimate of drug-likeness (QED) is 0.0261. The van der Waals surface area contributed by atoms with E-state index in [9.17, 15) is 30.3 Å². The van der Waals surface area contributed by atoms with Gasteiger partial charge in [0.15, 0.2) is 6.29 Å². The van der Waals surface area contributed by atoms with Crippen LogP contribution in [0.25, 0.3) is 0 Å². The zero-order chi connectivity index (χ0) is 63.5. The number of carbonyl (C=O) groups is 1. The van der Waals surface area contributed by atoms with Crippen LogP contribution in [0, 0.1) is 0 Å².